The lowest BCUT2D eigenvalue weighted by molar-refractivity contribution is 0.158. The van der Waals surface area contributed by atoms with Gasteiger partial charge in [0.05, 0.1) is 17.6 Å². The van der Waals surface area contributed by atoms with Crippen molar-refractivity contribution < 1.29 is 13.5 Å². The van der Waals surface area contributed by atoms with Crippen LogP contribution in [0.25, 0.3) is 0 Å². The quantitative estimate of drug-likeness (QED) is 0.642. The van der Waals surface area contributed by atoms with Gasteiger partial charge in [0.2, 0.25) is 0 Å². The molecule has 15 heavy (non-hydrogen) atoms. The molecule has 4 nitrogen and oxygen atoms in total. The van der Waals surface area contributed by atoms with Crippen LogP contribution in [0.4, 0.5) is 0 Å². The summed E-state index contributed by atoms with van der Waals surface area (Å²) in [5.41, 5.74) is 0. The Kier molecular flexibility index (Phi) is 4.14. The Morgan fingerprint density at radius 3 is 2.67 bits per heavy atom. The van der Waals surface area contributed by atoms with E-state index in [1.165, 1.54) is 0 Å². The van der Waals surface area contributed by atoms with E-state index in [1.807, 2.05) is 6.92 Å². The molecule has 0 aromatic carbocycles. The molecule has 0 aromatic heterocycles. The van der Waals surface area contributed by atoms with Crippen LogP contribution >= 0.6 is 0 Å². The van der Waals surface area contributed by atoms with Gasteiger partial charge < -0.3 is 10.4 Å². The third-order valence-electron chi connectivity index (χ3n) is 2.63. The van der Waals surface area contributed by atoms with Crippen molar-refractivity contribution in [3.8, 4) is 12.3 Å². The molecule has 1 rings (SSSR count). The van der Waals surface area contributed by atoms with Gasteiger partial charge in [-0.1, -0.05) is 6.92 Å². The summed E-state index contributed by atoms with van der Waals surface area (Å²) in [4.78, 5) is 0. The van der Waals surface area contributed by atoms with Crippen molar-refractivity contribution in [3.05, 3.63) is 0 Å². The maximum absolute atomic E-state index is 11.2. The molecule has 0 radical (unpaired) electrons. The van der Waals surface area contributed by atoms with Crippen LogP contribution in [0.1, 0.15) is 19.8 Å². The van der Waals surface area contributed by atoms with Crippen molar-refractivity contribution in [1.29, 1.82) is 0 Å². The molecule has 0 spiro atoms. The summed E-state index contributed by atoms with van der Waals surface area (Å²) in [6.07, 6.45) is 5.77. The molecule has 0 amide bonds. The number of nitrogens with one attached hydrogen (secondary N) is 1. The van der Waals surface area contributed by atoms with Gasteiger partial charge in [0.25, 0.3) is 0 Å². The average molecular weight is 231 g/mol. The van der Waals surface area contributed by atoms with E-state index in [4.69, 9.17) is 6.42 Å². The van der Waals surface area contributed by atoms with Crippen molar-refractivity contribution in [3.63, 3.8) is 0 Å². The fourth-order valence-corrected chi connectivity index (χ4v) is 3.51. The molecule has 0 bridgehead atoms. The van der Waals surface area contributed by atoms with Crippen LogP contribution in [0.2, 0.25) is 0 Å². The Balaban J connectivity index is 2.56. The number of hydrogen-bond acceptors (Lipinski definition) is 4. The summed E-state index contributed by atoms with van der Waals surface area (Å²) < 4.78 is 22.5. The number of rotatable bonds is 4. The van der Waals surface area contributed by atoms with Crippen molar-refractivity contribution in [2.24, 2.45) is 0 Å². The lowest BCUT2D eigenvalue weighted by Gasteiger charge is -2.21. The summed E-state index contributed by atoms with van der Waals surface area (Å²) in [5.74, 6) is 2.40. The van der Waals surface area contributed by atoms with Crippen molar-refractivity contribution in [2.75, 3.05) is 11.5 Å². The van der Waals surface area contributed by atoms with Gasteiger partial charge in [-0.15, -0.1) is 12.3 Å². The predicted molar refractivity (Wildman–Crippen MR) is 59.1 cm³/mol. The Bertz CT molecular complexity index is 344. The Morgan fingerprint density at radius 1 is 1.60 bits per heavy atom. The van der Waals surface area contributed by atoms with E-state index in [-0.39, 0.29) is 23.6 Å². The van der Waals surface area contributed by atoms with Crippen LogP contribution in [0, 0.1) is 12.3 Å². The summed E-state index contributed by atoms with van der Waals surface area (Å²) in [5, 5.41) is 12.6. The van der Waals surface area contributed by atoms with Crippen LogP contribution in [0.15, 0.2) is 0 Å². The molecule has 3 atom stereocenters. The first-order valence-electron chi connectivity index (χ1n) is 5.06. The Hall–Kier alpha value is -0.570. The van der Waals surface area contributed by atoms with Gasteiger partial charge in [0.15, 0.2) is 9.84 Å². The average Bonchev–Trinajstić information content (AvgIpc) is 2.39. The summed E-state index contributed by atoms with van der Waals surface area (Å²) >= 11 is 0. The second kappa shape index (κ2) is 4.97. The van der Waals surface area contributed by atoms with Crippen LogP contribution in [-0.4, -0.2) is 43.2 Å². The Labute approximate surface area is 91.0 Å². The topological polar surface area (TPSA) is 66.4 Å². The SMILES string of the molecule is C#CCC(CC)NC1CS(=O)(=O)CC1O. The minimum absolute atomic E-state index is 0.00916. The highest BCUT2D eigenvalue weighted by Crippen LogP contribution is 2.14. The lowest BCUT2D eigenvalue weighted by Crippen LogP contribution is -2.44. The molecular weight excluding hydrogens is 214 g/mol. The largest absolute Gasteiger partial charge is 0.390 e. The maximum atomic E-state index is 11.2. The normalized spacial score (nSPS) is 31.0. The highest BCUT2D eigenvalue weighted by molar-refractivity contribution is 7.91. The first kappa shape index (κ1) is 12.5. The zero-order valence-corrected chi connectivity index (χ0v) is 9.63. The molecule has 1 heterocycles. The van der Waals surface area contributed by atoms with Gasteiger partial charge in [0.1, 0.15) is 0 Å². The van der Waals surface area contributed by atoms with E-state index in [9.17, 15) is 13.5 Å². The van der Waals surface area contributed by atoms with Gasteiger partial charge in [-0.3, -0.25) is 0 Å². The Morgan fingerprint density at radius 2 is 2.27 bits per heavy atom. The fraction of sp³-hybridized carbons (Fsp3) is 0.800. The number of aliphatic hydroxyl groups excluding tert-OH is 1. The van der Waals surface area contributed by atoms with E-state index in [0.717, 1.165) is 6.42 Å². The predicted octanol–water partition coefficient (Wildman–Crippen LogP) is -0.464. The van der Waals surface area contributed by atoms with E-state index in [0.29, 0.717) is 6.42 Å². The van der Waals surface area contributed by atoms with E-state index in [1.54, 1.807) is 0 Å². The van der Waals surface area contributed by atoms with Crippen LogP contribution in [-0.2, 0) is 9.84 Å². The third kappa shape index (κ3) is 3.49. The van der Waals surface area contributed by atoms with Gasteiger partial charge in [-0.2, -0.15) is 0 Å². The monoisotopic (exact) mass is 231 g/mol. The second-order valence-electron chi connectivity index (χ2n) is 3.93. The molecule has 0 saturated carbocycles. The zero-order chi connectivity index (χ0) is 11.5. The lowest BCUT2D eigenvalue weighted by atomic mass is 10.1. The van der Waals surface area contributed by atoms with Gasteiger partial charge in [-0.25, -0.2) is 8.42 Å². The number of aliphatic hydroxyl groups is 1. The molecule has 1 saturated heterocycles. The zero-order valence-electron chi connectivity index (χ0n) is 8.81. The van der Waals surface area contributed by atoms with E-state index in [2.05, 4.69) is 11.2 Å². The molecule has 2 N–H and O–H groups in total. The molecule has 5 heteroatoms. The van der Waals surface area contributed by atoms with E-state index < -0.39 is 15.9 Å². The summed E-state index contributed by atoms with van der Waals surface area (Å²) in [6.45, 7) is 1.98. The van der Waals surface area contributed by atoms with Crippen LogP contribution in [0.5, 0.6) is 0 Å². The van der Waals surface area contributed by atoms with Gasteiger partial charge in [-0.05, 0) is 6.42 Å². The van der Waals surface area contributed by atoms with Crippen molar-refractivity contribution in [1.82, 2.24) is 5.32 Å². The molecule has 0 aliphatic carbocycles. The third-order valence-corrected chi connectivity index (χ3v) is 4.35. The number of sulfone groups is 1. The number of hydrogen-bond donors (Lipinski definition) is 2. The minimum Gasteiger partial charge on any atom is -0.390 e. The summed E-state index contributed by atoms with van der Waals surface area (Å²) in [7, 11) is -3.08. The standard InChI is InChI=1S/C10H17NO3S/c1-3-5-8(4-2)11-9-6-15(13,14)7-10(9)12/h1,8-12H,4-7H2,2H3. The second-order valence-corrected chi connectivity index (χ2v) is 6.08. The molecule has 1 aliphatic rings. The number of terminal acetylenes is 1. The van der Waals surface area contributed by atoms with E-state index >= 15 is 0 Å². The first-order chi connectivity index (χ1) is 6.98. The maximum Gasteiger partial charge on any atom is 0.154 e. The van der Waals surface area contributed by atoms with Gasteiger partial charge in [0, 0.05) is 18.5 Å². The molecule has 1 fully saturated rings. The van der Waals surface area contributed by atoms with Crippen LogP contribution < -0.4 is 5.32 Å². The molecule has 86 valence electrons. The van der Waals surface area contributed by atoms with Crippen LogP contribution in [0.3, 0.4) is 0 Å². The smallest absolute Gasteiger partial charge is 0.154 e. The molecular formula is C10H17NO3S. The fourth-order valence-electron chi connectivity index (χ4n) is 1.75. The molecule has 1 aliphatic heterocycles. The highest BCUT2D eigenvalue weighted by atomic mass is 32.2. The van der Waals surface area contributed by atoms with Crippen molar-refractivity contribution >= 4 is 9.84 Å². The summed E-state index contributed by atoms with van der Waals surface area (Å²) in [6, 6.07) is -0.281. The molecule has 0 aromatic rings. The molecule has 3 unspecified atom stereocenters. The minimum atomic E-state index is -3.08. The highest BCUT2D eigenvalue weighted by Gasteiger charge is 2.36. The van der Waals surface area contributed by atoms with Crippen molar-refractivity contribution in [2.45, 2.75) is 38.0 Å². The van der Waals surface area contributed by atoms with Gasteiger partial charge >= 0.3 is 0 Å². The first-order valence-corrected chi connectivity index (χ1v) is 6.88.